The Morgan fingerprint density at radius 2 is 2.00 bits per heavy atom. The SMILES string of the molecule is C=CCN(CCNS(=O)(=O)c1ccc(OC)c(Cl)c1)S(C)(=O)=O. The summed E-state index contributed by atoms with van der Waals surface area (Å²) in [5, 5.41) is 0.166. The molecule has 7 nitrogen and oxygen atoms in total. The van der Waals surface area contributed by atoms with Gasteiger partial charge in [0.05, 0.1) is 23.3 Å². The molecule has 1 aromatic carbocycles. The monoisotopic (exact) mass is 382 g/mol. The van der Waals surface area contributed by atoms with Gasteiger partial charge in [-0.25, -0.2) is 21.6 Å². The molecule has 0 amide bonds. The van der Waals surface area contributed by atoms with Crippen LogP contribution in [0.2, 0.25) is 5.02 Å². The summed E-state index contributed by atoms with van der Waals surface area (Å²) in [4.78, 5) is -0.0297. The lowest BCUT2D eigenvalue weighted by molar-refractivity contribution is 0.414. The maximum absolute atomic E-state index is 12.2. The average Bonchev–Trinajstić information content (AvgIpc) is 2.45. The molecule has 1 N–H and O–H groups in total. The molecule has 0 aliphatic carbocycles. The molecule has 0 heterocycles. The summed E-state index contributed by atoms with van der Waals surface area (Å²) < 4.78 is 55.8. The molecule has 0 fully saturated rings. The van der Waals surface area contributed by atoms with Crippen LogP contribution in [0.15, 0.2) is 35.7 Å². The molecular formula is C13H19ClN2O5S2. The van der Waals surface area contributed by atoms with Crippen LogP contribution in [0.1, 0.15) is 0 Å². The third kappa shape index (κ3) is 5.78. The first-order valence-corrected chi connectivity index (χ1v) is 10.2. The second kappa shape index (κ2) is 8.11. The summed E-state index contributed by atoms with van der Waals surface area (Å²) in [6.45, 7) is 3.50. The summed E-state index contributed by atoms with van der Waals surface area (Å²) in [6, 6.07) is 4.06. The van der Waals surface area contributed by atoms with Crippen LogP contribution in [0, 0.1) is 0 Å². The van der Waals surface area contributed by atoms with Crippen LogP contribution in [0.4, 0.5) is 0 Å². The number of nitrogens with zero attached hydrogens (tertiary/aromatic N) is 1. The zero-order chi connectivity index (χ0) is 17.7. The number of sulfonamides is 2. The number of methoxy groups -OCH3 is 1. The van der Waals surface area contributed by atoms with Crippen LogP contribution in [0.5, 0.6) is 5.75 Å². The zero-order valence-electron chi connectivity index (χ0n) is 12.8. The van der Waals surface area contributed by atoms with Gasteiger partial charge in [0.25, 0.3) is 0 Å². The van der Waals surface area contributed by atoms with Gasteiger partial charge < -0.3 is 4.74 Å². The van der Waals surface area contributed by atoms with Crippen molar-refractivity contribution in [2.75, 3.05) is 33.0 Å². The molecule has 0 unspecified atom stereocenters. The smallest absolute Gasteiger partial charge is 0.240 e. The highest BCUT2D eigenvalue weighted by Gasteiger charge is 2.18. The Labute approximate surface area is 142 Å². The number of halogens is 1. The lowest BCUT2D eigenvalue weighted by atomic mass is 10.3. The van der Waals surface area contributed by atoms with E-state index in [9.17, 15) is 16.8 Å². The highest BCUT2D eigenvalue weighted by Crippen LogP contribution is 2.26. The van der Waals surface area contributed by atoms with Crippen molar-refractivity contribution in [1.29, 1.82) is 0 Å². The number of ether oxygens (including phenoxy) is 1. The van der Waals surface area contributed by atoms with E-state index in [1.165, 1.54) is 31.4 Å². The normalized spacial score (nSPS) is 12.3. The average molecular weight is 383 g/mol. The molecule has 0 saturated carbocycles. The standard InChI is InChI=1S/C13H19ClN2O5S2/c1-4-8-16(22(3,17)18)9-7-15-23(19,20)11-5-6-13(21-2)12(14)10-11/h4-6,10,15H,1,7-9H2,2-3H3. The van der Waals surface area contributed by atoms with Crippen molar-refractivity contribution >= 4 is 31.6 Å². The lowest BCUT2D eigenvalue weighted by Crippen LogP contribution is -2.38. The van der Waals surface area contributed by atoms with Crippen molar-refractivity contribution in [2.24, 2.45) is 0 Å². The van der Waals surface area contributed by atoms with Crippen LogP contribution >= 0.6 is 11.6 Å². The Hall–Kier alpha value is -1.13. The molecule has 10 heteroatoms. The maximum atomic E-state index is 12.2. The van der Waals surface area contributed by atoms with Crippen molar-refractivity contribution in [2.45, 2.75) is 4.90 Å². The minimum Gasteiger partial charge on any atom is -0.495 e. The van der Waals surface area contributed by atoms with Gasteiger partial charge in [-0.1, -0.05) is 17.7 Å². The number of hydrogen-bond acceptors (Lipinski definition) is 5. The molecular weight excluding hydrogens is 364 g/mol. The van der Waals surface area contributed by atoms with E-state index in [1.54, 1.807) is 0 Å². The minimum absolute atomic E-state index is 0.00598. The fourth-order valence-corrected chi connectivity index (χ4v) is 3.91. The number of rotatable bonds is 9. The number of hydrogen-bond donors (Lipinski definition) is 1. The van der Waals surface area contributed by atoms with Crippen molar-refractivity contribution in [3.63, 3.8) is 0 Å². The Bertz CT molecular complexity index is 763. The number of benzene rings is 1. The first-order chi connectivity index (χ1) is 10.6. The zero-order valence-corrected chi connectivity index (χ0v) is 15.2. The van der Waals surface area contributed by atoms with Crippen molar-refractivity contribution in [3.05, 3.63) is 35.9 Å². The first kappa shape index (κ1) is 19.9. The fraction of sp³-hybridized carbons (Fsp3) is 0.385. The third-order valence-corrected chi connectivity index (χ3v) is 5.91. The Balaban J connectivity index is 2.79. The molecule has 0 saturated heterocycles. The van der Waals surface area contributed by atoms with E-state index in [-0.39, 0.29) is 29.6 Å². The van der Waals surface area contributed by atoms with Crippen LogP contribution in [-0.4, -0.2) is 54.1 Å². The fourth-order valence-electron chi connectivity index (χ4n) is 1.74. The highest BCUT2D eigenvalue weighted by molar-refractivity contribution is 7.89. The summed E-state index contributed by atoms with van der Waals surface area (Å²) in [5.41, 5.74) is 0. The molecule has 1 rings (SSSR count). The van der Waals surface area contributed by atoms with E-state index < -0.39 is 20.0 Å². The van der Waals surface area contributed by atoms with E-state index in [1.807, 2.05) is 0 Å². The second-order valence-electron chi connectivity index (χ2n) is 4.60. The molecule has 23 heavy (non-hydrogen) atoms. The minimum atomic E-state index is -3.80. The lowest BCUT2D eigenvalue weighted by Gasteiger charge is -2.18. The number of nitrogens with one attached hydrogen (secondary N) is 1. The molecule has 0 bridgehead atoms. The molecule has 1 aromatic rings. The predicted octanol–water partition coefficient (Wildman–Crippen LogP) is 1.07. The second-order valence-corrected chi connectivity index (χ2v) is 8.76. The quantitative estimate of drug-likeness (QED) is 0.645. The molecule has 0 atom stereocenters. The maximum Gasteiger partial charge on any atom is 0.240 e. The van der Waals surface area contributed by atoms with Crippen LogP contribution < -0.4 is 9.46 Å². The van der Waals surface area contributed by atoms with Gasteiger partial charge >= 0.3 is 0 Å². The summed E-state index contributed by atoms with van der Waals surface area (Å²) in [7, 11) is -5.81. The van der Waals surface area contributed by atoms with E-state index in [0.717, 1.165) is 10.6 Å². The van der Waals surface area contributed by atoms with E-state index in [0.29, 0.717) is 5.75 Å². The topological polar surface area (TPSA) is 92.8 Å². The van der Waals surface area contributed by atoms with Gasteiger partial charge in [-0.05, 0) is 18.2 Å². The van der Waals surface area contributed by atoms with Crippen molar-refractivity contribution in [3.8, 4) is 5.75 Å². The van der Waals surface area contributed by atoms with E-state index in [4.69, 9.17) is 16.3 Å². The highest BCUT2D eigenvalue weighted by atomic mass is 35.5. The molecule has 0 aromatic heterocycles. The van der Waals surface area contributed by atoms with Gasteiger partial charge in [0.1, 0.15) is 5.75 Å². The largest absolute Gasteiger partial charge is 0.495 e. The van der Waals surface area contributed by atoms with Crippen molar-refractivity contribution < 1.29 is 21.6 Å². The Kier molecular flexibility index (Phi) is 7.02. The third-order valence-electron chi connectivity index (χ3n) is 2.89. The van der Waals surface area contributed by atoms with Crippen LogP contribution in [-0.2, 0) is 20.0 Å². The van der Waals surface area contributed by atoms with Crippen molar-refractivity contribution in [1.82, 2.24) is 9.03 Å². The van der Waals surface area contributed by atoms with Gasteiger partial charge in [0.2, 0.25) is 20.0 Å². The van der Waals surface area contributed by atoms with Gasteiger partial charge in [-0.15, -0.1) is 6.58 Å². The molecule has 0 aliphatic rings. The molecule has 0 spiro atoms. The van der Waals surface area contributed by atoms with Crippen LogP contribution in [0.25, 0.3) is 0 Å². The van der Waals surface area contributed by atoms with E-state index >= 15 is 0 Å². The Morgan fingerprint density at radius 1 is 1.35 bits per heavy atom. The van der Waals surface area contributed by atoms with Gasteiger partial charge in [-0.2, -0.15) is 4.31 Å². The summed E-state index contributed by atoms with van der Waals surface area (Å²) in [6.07, 6.45) is 2.48. The summed E-state index contributed by atoms with van der Waals surface area (Å²) in [5.74, 6) is 0.361. The molecule has 130 valence electrons. The van der Waals surface area contributed by atoms with Gasteiger partial charge in [0.15, 0.2) is 0 Å². The Morgan fingerprint density at radius 3 is 2.48 bits per heavy atom. The van der Waals surface area contributed by atoms with Crippen LogP contribution in [0.3, 0.4) is 0 Å². The van der Waals surface area contributed by atoms with Gasteiger partial charge in [0, 0.05) is 19.6 Å². The molecule has 0 aliphatic heterocycles. The predicted molar refractivity (Wildman–Crippen MR) is 89.8 cm³/mol. The molecule has 0 radical (unpaired) electrons. The van der Waals surface area contributed by atoms with Gasteiger partial charge in [-0.3, -0.25) is 0 Å². The summed E-state index contributed by atoms with van der Waals surface area (Å²) >= 11 is 5.91. The first-order valence-electron chi connectivity index (χ1n) is 6.51. The van der Waals surface area contributed by atoms with E-state index in [2.05, 4.69) is 11.3 Å².